The smallest absolute Gasteiger partial charge is 0.0724 e. The van der Waals surface area contributed by atoms with Gasteiger partial charge in [-0.25, -0.2) is 0 Å². The maximum Gasteiger partial charge on any atom is 0.0724 e. The quantitative estimate of drug-likeness (QED) is 0.915. The number of benzene rings is 1. The molecular weight excluding hydrogens is 248 g/mol. The summed E-state index contributed by atoms with van der Waals surface area (Å²) < 4.78 is 5.63. The lowest BCUT2D eigenvalue weighted by atomic mass is 9.92. The van der Waals surface area contributed by atoms with Crippen molar-refractivity contribution >= 4 is 0 Å². The van der Waals surface area contributed by atoms with Gasteiger partial charge in [-0.2, -0.15) is 0 Å². The van der Waals surface area contributed by atoms with Crippen molar-refractivity contribution in [2.24, 2.45) is 5.92 Å². The molecule has 2 heterocycles. The first-order valence-corrected chi connectivity index (χ1v) is 7.84. The van der Waals surface area contributed by atoms with Gasteiger partial charge >= 0.3 is 0 Å². The van der Waals surface area contributed by atoms with E-state index in [-0.39, 0.29) is 0 Å². The highest BCUT2D eigenvalue weighted by atomic mass is 16.5. The Morgan fingerprint density at radius 3 is 3.05 bits per heavy atom. The van der Waals surface area contributed by atoms with Crippen LogP contribution in [0.15, 0.2) is 24.3 Å². The largest absolute Gasteiger partial charge is 0.380 e. The van der Waals surface area contributed by atoms with Gasteiger partial charge < -0.3 is 10.1 Å². The van der Waals surface area contributed by atoms with E-state index in [0.717, 1.165) is 26.1 Å². The minimum absolute atomic E-state index is 0.391. The van der Waals surface area contributed by atoms with Crippen molar-refractivity contribution in [3.05, 3.63) is 35.4 Å². The summed E-state index contributed by atoms with van der Waals surface area (Å²) in [7, 11) is 1.85. The first-order valence-electron chi connectivity index (χ1n) is 7.84. The summed E-state index contributed by atoms with van der Waals surface area (Å²) in [5.41, 5.74) is 3.01. The van der Waals surface area contributed by atoms with Crippen molar-refractivity contribution in [3.63, 3.8) is 0 Å². The summed E-state index contributed by atoms with van der Waals surface area (Å²) in [5.74, 6) is 0.683. The Bertz CT molecular complexity index is 448. The molecule has 1 N–H and O–H groups in total. The predicted octanol–water partition coefficient (Wildman–Crippen LogP) is 2.23. The lowest BCUT2D eigenvalue weighted by Gasteiger charge is -2.39. The molecule has 110 valence electrons. The minimum atomic E-state index is 0.391. The summed E-state index contributed by atoms with van der Waals surface area (Å²) in [6, 6.07) is 9.36. The van der Waals surface area contributed by atoms with Gasteiger partial charge in [-0.15, -0.1) is 0 Å². The van der Waals surface area contributed by atoms with E-state index in [1.165, 1.54) is 24.1 Å². The number of piperidine rings is 1. The van der Waals surface area contributed by atoms with E-state index in [1.807, 2.05) is 7.11 Å². The van der Waals surface area contributed by atoms with Crippen LogP contribution in [0, 0.1) is 5.92 Å². The topological polar surface area (TPSA) is 24.5 Å². The molecule has 3 unspecified atom stereocenters. The van der Waals surface area contributed by atoms with Gasteiger partial charge in [0.1, 0.15) is 0 Å². The van der Waals surface area contributed by atoms with Gasteiger partial charge in [-0.3, -0.25) is 4.90 Å². The van der Waals surface area contributed by atoms with Crippen LogP contribution in [0.2, 0.25) is 0 Å². The van der Waals surface area contributed by atoms with Crippen LogP contribution in [0.25, 0.3) is 0 Å². The van der Waals surface area contributed by atoms with E-state index in [2.05, 4.69) is 41.4 Å². The normalized spacial score (nSPS) is 31.0. The maximum atomic E-state index is 5.63. The summed E-state index contributed by atoms with van der Waals surface area (Å²) >= 11 is 0. The second kappa shape index (κ2) is 6.25. The molecule has 1 fully saturated rings. The molecule has 0 radical (unpaired) electrons. The molecule has 2 aliphatic rings. The number of fused-ring (bicyclic) bond motifs is 1. The third kappa shape index (κ3) is 2.90. The standard InChI is InChI=1S/C17H26N2O/c1-13-8-10-19(12-17(13)20-2)11-16-15-6-4-3-5-14(15)7-9-18-16/h3-6,13,16-18H,7-12H2,1-2H3. The van der Waals surface area contributed by atoms with Crippen LogP contribution in [-0.4, -0.2) is 44.3 Å². The first-order chi connectivity index (χ1) is 9.78. The van der Waals surface area contributed by atoms with Gasteiger partial charge in [0.25, 0.3) is 0 Å². The minimum Gasteiger partial charge on any atom is -0.380 e. The fourth-order valence-electron chi connectivity index (χ4n) is 3.58. The summed E-state index contributed by atoms with van der Waals surface area (Å²) in [6.45, 7) is 6.77. The van der Waals surface area contributed by atoms with Crippen molar-refractivity contribution in [2.75, 3.05) is 33.3 Å². The molecule has 0 aliphatic carbocycles. The van der Waals surface area contributed by atoms with Gasteiger partial charge in [0.2, 0.25) is 0 Å². The summed E-state index contributed by atoms with van der Waals surface area (Å²) in [6.07, 6.45) is 2.79. The Balaban J connectivity index is 1.67. The number of ether oxygens (including phenoxy) is 1. The van der Waals surface area contributed by atoms with Crippen molar-refractivity contribution in [2.45, 2.75) is 31.9 Å². The van der Waals surface area contributed by atoms with Gasteiger partial charge in [-0.1, -0.05) is 31.2 Å². The molecule has 1 aromatic carbocycles. The fraction of sp³-hybridized carbons (Fsp3) is 0.647. The van der Waals surface area contributed by atoms with Crippen molar-refractivity contribution < 1.29 is 4.74 Å². The van der Waals surface area contributed by atoms with Crippen LogP contribution >= 0.6 is 0 Å². The second-order valence-corrected chi connectivity index (χ2v) is 6.26. The van der Waals surface area contributed by atoms with Crippen molar-refractivity contribution in [1.82, 2.24) is 10.2 Å². The molecular formula is C17H26N2O. The monoisotopic (exact) mass is 274 g/mol. The lowest BCUT2D eigenvalue weighted by molar-refractivity contribution is -0.00766. The molecule has 0 aromatic heterocycles. The molecule has 1 saturated heterocycles. The zero-order valence-corrected chi connectivity index (χ0v) is 12.6. The zero-order chi connectivity index (χ0) is 13.9. The Kier molecular flexibility index (Phi) is 4.39. The zero-order valence-electron chi connectivity index (χ0n) is 12.6. The molecule has 1 aromatic rings. The van der Waals surface area contributed by atoms with Gasteiger partial charge in [0, 0.05) is 26.2 Å². The highest BCUT2D eigenvalue weighted by Gasteiger charge is 2.28. The number of hydrogen-bond acceptors (Lipinski definition) is 3. The third-order valence-corrected chi connectivity index (χ3v) is 4.93. The average molecular weight is 274 g/mol. The number of hydrogen-bond donors (Lipinski definition) is 1. The lowest BCUT2D eigenvalue weighted by Crippen LogP contribution is -2.47. The number of nitrogens with zero attached hydrogens (tertiary/aromatic N) is 1. The Morgan fingerprint density at radius 2 is 2.20 bits per heavy atom. The van der Waals surface area contributed by atoms with Crippen LogP contribution in [-0.2, 0) is 11.2 Å². The molecule has 3 atom stereocenters. The van der Waals surface area contributed by atoms with E-state index < -0.39 is 0 Å². The van der Waals surface area contributed by atoms with E-state index in [1.54, 1.807) is 0 Å². The van der Waals surface area contributed by atoms with Crippen LogP contribution < -0.4 is 5.32 Å². The molecule has 0 saturated carbocycles. The van der Waals surface area contributed by atoms with Crippen LogP contribution in [0.4, 0.5) is 0 Å². The van der Waals surface area contributed by atoms with E-state index >= 15 is 0 Å². The van der Waals surface area contributed by atoms with Crippen LogP contribution in [0.1, 0.15) is 30.5 Å². The summed E-state index contributed by atoms with van der Waals surface area (Å²) in [5, 5.41) is 3.68. The third-order valence-electron chi connectivity index (χ3n) is 4.93. The van der Waals surface area contributed by atoms with Crippen LogP contribution in [0.5, 0.6) is 0 Å². The average Bonchev–Trinajstić information content (AvgIpc) is 2.49. The van der Waals surface area contributed by atoms with Crippen molar-refractivity contribution in [1.29, 1.82) is 0 Å². The molecule has 2 aliphatic heterocycles. The highest BCUT2D eigenvalue weighted by Crippen LogP contribution is 2.26. The summed E-state index contributed by atoms with van der Waals surface area (Å²) in [4.78, 5) is 2.56. The van der Waals surface area contributed by atoms with Crippen LogP contribution in [0.3, 0.4) is 0 Å². The highest BCUT2D eigenvalue weighted by molar-refractivity contribution is 5.32. The van der Waals surface area contributed by atoms with E-state index in [0.29, 0.717) is 18.1 Å². The second-order valence-electron chi connectivity index (χ2n) is 6.26. The molecule has 3 nitrogen and oxygen atoms in total. The fourth-order valence-corrected chi connectivity index (χ4v) is 3.58. The van der Waals surface area contributed by atoms with Gasteiger partial charge in [0.15, 0.2) is 0 Å². The molecule has 0 spiro atoms. The number of rotatable bonds is 3. The molecule has 20 heavy (non-hydrogen) atoms. The number of methoxy groups -OCH3 is 1. The predicted molar refractivity (Wildman–Crippen MR) is 81.9 cm³/mol. The van der Waals surface area contributed by atoms with Crippen molar-refractivity contribution in [3.8, 4) is 0 Å². The molecule has 0 amide bonds. The van der Waals surface area contributed by atoms with E-state index in [4.69, 9.17) is 4.74 Å². The Labute approximate surface area is 122 Å². The molecule has 3 rings (SSSR count). The maximum absolute atomic E-state index is 5.63. The molecule has 0 bridgehead atoms. The Morgan fingerprint density at radius 1 is 1.35 bits per heavy atom. The number of likely N-dealkylation sites (tertiary alicyclic amines) is 1. The number of nitrogens with one attached hydrogen (secondary N) is 1. The molecule has 3 heteroatoms. The van der Waals surface area contributed by atoms with Gasteiger partial charge in [0.05, 0.1) is 6.10 Å². The van der Waals surface area contributed by atoms with Gasteiger partial charge in [-0.05, 0) is 43.0 Å². The van der Waals surface area contributed by atoms with E-state index in [9.17, 15) is 0 Å². The SMILES string of the molecule is COC1CN(CC2NCCc3ccccc32)CCC1C. The Hall–Kier alpha value is -0.900. The first kappa shape index (κ1) is 14.1.